The van der Waals surface area contributed by atoms with E-state index in [1.165, 1.54) is 47.0 Å². The number of ether oxygens (including phenoxy) is 3. The molecule has 0 spiro atoms. The second-order valence-corrected chi connectivity index (χ2v) is 8.83. The van der Waals surface area contributed by atoms with E-state index in [2.05, 4.69) is 41.2 Å². The lowest BCUT2D eigenvalue weighted by Crippen LogP contribution is -2.41. The normalized spacial score (nSPS) is 13.7. The number of aliphatic hydroxyl groups is 1. The van der Waals surface area contributed by atoms with E-state index < -0.39 is 0 Å². The van der Waals surface area contributed by atoms with Gasteiger partial charge in [0.15, 0.2) is 24.2 Å². The highest BCUT2D eigenvalue weighted by atomic mass is 16.7. The summed E-state index contributed by atoms with van der Waals surface area (Å²) in [6, 6.07) is 8.56. The van der Waals surface area contributed by atoms with Crippen LogP contribution in [0.1, 0.15) is 43.7 Å². The molecular formula is C27H33N2O4+. The standard InChI is InChI=1S/C27H32N2O4/c1-3-4-5-6-7-20-19-8-9-23(31-2)26(28-11-13-30)22(19)16-29-12-10-18-14-24-25(33-17-32-24)15-21(18)27(20)29/h8-9,14-16,30H,3-7,10-13,17H2,1-2H3/p+1. The lowest BCUT2D eigenvalue weighted by atomic mass is 9.89. The number of methoxy groups -OCH3 is 1. The van der Waals surface area contributed by atoms with Gasteiger partial charge in [-0.1, -0.05) is 26.2 Å². The average Bonchev–Trinajstić information content (AvgIpc) is 3.30. The van der Waals surface area contributed by atoms with E-state index in [0.29, 0.717) is 13.3 Å². The first-order valence-corrected chi connectivity index (χ1v) is 12.1. The van der Waals surface area contributed by atoms with Gasteiger partial charge in [0, 0.05) is 18.5 Å². The molecule has 3 heterocycles. The van der Waals surface area contributed by atoms with Gasteiger partial charge in [0.2, 0.25) is 12.5 Å². The molecule has 0 saturated carbocycles. The van der Waals surface area contributed by atoms with Crippen LogP contribution >= 0.6 is 0 Å². The number of aryl methyl sites for hydroxylation is 3. The van der Waals surface area contributed by atoms with Crippen LogP contribution in [0.25, 0.3) is 22.0 Å². The zero-order chi connectivity index (χ0) is 22.8. The lowest BCUT2D eigenvalue weighted by Gasteiger charge is -2.21. The van der Waals surface area contributed by atoms with Crippen LogP contribution in [0.4, 0.5) is 5.69 Å². The molecule has 0 radical (unpaired) electrons. The number of fused-ring (bicyclic) bond motifs is 5. The molecule has 0 saturated heterocycles. The van der Waals surface area contributed by atoms with Gasteiger partial charge in [0.05, 0.1) is 30.4 Å². The highest BCUT2D eigenvalue weighted by Crippen LogP contribution is 2.43. The first kappa shape index (κ1) is 21.8. The minimum atomic E-state index is 0.0715. The Labute approximate surface area is 195 Å². The van der Waals surface area contributed by atoms with Gasteiger partial charge in [-0.05, 0) is 48.1 Å². The number of nitrogens with one attached hydrogen (secondary N) is 1. The van der Waals surface area contributed by atoms with Gasteiger partial charge in [-0.3, -0.25) is 0 Å². The molecule has 0 fully saturated rings. The second-order valence-electron chi connectivity index (χ2n) is 8.83. The number of hydrogen-bond donors (Lipinski definition) is 2. The first-order valence-electron chi connectivity index (χ1n) is 12.1. The maximum Gasteiger partial charge on any atom is 0.231 e. The fourth-order valence-corrected chi connectivity index (χ4v) is 5.18. The van der Waals surface area contributed by atoms with E-state index in [4.69, 9.17) is 14.2 Å². The van der Waals surface area contributed by atoms with Crippen molar-refractivity contribution in [2.75, 3.05) is 32.4 Å². The largest absolute Gasteiger partial charge is 0.495 e. The van der Waals surface area contributed by atoms with Gasteiger partial charge in [-0.15, -0.1) is 0 Å². The molecule has 6 nitrogen and oxygen atoms in total. The molecule has 6 heteroatoms. The monoisotopic (exact) mass is 449 g/mol. The number of anilines is 1. The fraction of sp³-hybridized carbons (Fsp3) is 0.444. The Morgan fingerprint density at radius 2 is 1.94 bits per heavy atom. The third kappa shape index (κ3) is 3.97. The van der Waals surface area contributed by atoms with E-state index in [1.807, 2.05) is 6.07 Å². The number of pyridine rings is 1. The summed E-state index contributed by atoms with van der Waals surface area (Å²) < 4.78 is 19.4. The lowest BCUT2D eigenvalue weighted by molar-refractivity contribution is -0.686. The molecule has 0 atom stereocenters. The quantitative estimate of drug-likeness (QED) is 0.369. The number of hydrogen-bond acceptors (Lipinski definition) is 5. The van der Waals surface area contributed by atoms with Gasteiger partial charge in [0.1, 0.15) is 5.75 Å². The average molecular weight is 450 g/mol. The van der Waals surface area contributed by atoms with Crippen molar-refractivity contribution in [1.29, 1.82) is 0 Å². The van der Waals surface area contributed by atoms with E-state index in [9.17, 15) is 5.11 Å². The summed E-state index contributed by atoms with van der Waals surface area (Å²) in [6.07, 6.45) is 9.08. The van der Waals surface area contributed by atoms with Crippen LogP contribution in [0, 0.1) is 0 Å². The summed E-state index contributed by atoms with van der Waals surface area (Å²) in [5.74, 6) is 2.49. The first-order chi connectivity index (χ1) is 16.2. The zero-order valence-electron chi connectivity index (χ0n) is 19.6. The molecule has 2 aliphatic heterocycles. The highest BCUT2D eigenvalue weighted by molar-refractivity contribution is 6.00. The Hall–Kier alpha value is -2.99. The van der Waals surface area contributed by atoms with E-state index in [0.717, 1.165) is 54.1 Å². The molecule has 2 aromatic carbocycles. The van der Waals surface area contributed by atoms with Crippen LogP contribution in [-0.2, 0) is 19.4 Å². The van der Waals surface area contributed by atoms with Gasteiger partial charge >= 0.3 is 0 Å². The molecule has 2 N–H and O–H groups in total. The van der Waals surface area contributed by atoms with Crippen LogP contribution in [0.2, 0.25) is 0 Å². The summed E-state index contributed by atoms with van der Waals surface area (Å²) in [7, 11) is 1.70. The number of aromatic nitrogens is 1. The second kappa shape index (κ2) is 9.48. The number of aliphatic hydroxyl groups excluding tert-OH is 1. The van der Waals surface area contributed by atoms with Crippen molar-refractivity contribution in [3.63, 3.8) is 0 Å². The Morgan fingerprint density at radius 1 is 1.09 bits per heavy atom. The van der Waals surface area contributed by atoms with Crippen molar-refractivity contribution in [2.24, 2.45) is 0 Å². The van der Waals surface area contributed by atoms with E-state index >= 15 is 0 Å². The van der Waals surface area contributed by atoms with Crippen LogP contribution < -0.4 is 24.1 Å². The minimum Gasteiger partial charge on any atom is -0.495 e. The van der Waals surface area contributed by atoms with Crippen molar-refractivity contribution in [3.8, 4) is 28.5 Å². The fourth-order valence-electron chi connectivity index (χ4n) is 5.18. The smallest absolute Gasteiger partial charge is 0.231 e. The molecule has 0 amide bonds. The van der Waals surface area contributed by atoms with Crippen molar-refractivity contribution >= 4 is 16.5 Å². The molecule has 1 aromatic heterocycles. The summed E-state index contributed by atoms with van der Waals surface area (Å²) >= 11 is 0. The molecule has 174 valence electrons. The van der Waals surface area contributed by atoms with Crippen LogP contribution in [0.3, 0.4) is 0 Å². The summed E-state index contributed by atoms with van der Waals surface area (Å²) in [5, 5.41) is 15.2. The Morgan fingerprint density at radius 3 is 2.73 bits per heavy atom. The number of nitrogens with zero attached hydrogens (tertiary/aromatic N) is 1. The van der Waals surface area contributed by atoms with Crippen molar-refractivity contribution in [1.82, 2.24) is 0 Å². The Kier molecular flexibility index (Phi) is 6.27. The van der Waals surface area contributed by atoms with Gasteiger partial charge in [0.25, 0.3) is 0 Å². The van der Waals surface area contributed by atoms with Crippen molar-refractivity contribution < 1.29 is 23.9 Å². The number of unbranched alkanes of at least 4 members (excludes halogenated alkanes) is 3. The Balaban J connectivity index is 1.71. The van der Waals surface area contributed by atoms with Gasteiger partial charge in [-0.25, -0.2) is 0 Å². The molecule has 0 bridgehead atoms. The highest BCUT2D eigenvalue weighted by Gasteiger charge is 2.31. The Bertz CT molecular complexity index is 1170. The summed E-state index contributed by atoms with van der Waals surface area (Å²) in [5.41, 5.74) is 6.18. The van der Waals surface area contributed by atoms with Gasteiger partial charge < -0.3 is 24.6 Å². The van der Waals surface area contributed by atoms with Crippen LogP contribution in [-0.4, -0.2) is 32.2 Å². The van der Waals surface area contributed by atoms with Crippen LogP contribution in [0.15, 0.2) is 30.5 Å². The van der Waals surface area contributed by atoms with Crippen molar-refractivity contribution in [2.45, 2.75) is 52.0 Å². The maximum atomic E-state index is 9.43. The van der Waals surface area contributed by atoms with Gasteiger partial charge in [-0.2, -0.15) is 4.57 Å². The summed E-state index contributed by atoms with van der Waals surface area (Å²) in [6.45, 7) is 4.01. The molecule has 33 heavy (non-hydrogen) atoms. The number of benzene rings is 2. The SMILES string of the molecule is CCCCCCc1c2[n+](cc3c(NCCO)c(OC)ccc13)CCc1cc3c(cc1-2)OCO3. The van der Waals surface area contributed by atoms with Crippen molar-refractivity contribution in [3.05, 3.63) is 41.6 Å². The summed E-state index contributed by atoms with van der Waals surface area (Å²) in [4.78, 5) is 0. The zero-order valence-corrected chi connectivity index (χ0v) is 19.6. The molecule has 5 rings (SSSR count). The van der Waals surface area contributed by atoms with E-state index in [1.54, 1.807) is 7.11 Å². The molecule has 0 unspecified atom stereocenters. The molecule has 0 aliphatic carbocycles. The van der Waals surface area contributed by atoms with Crippen LogP contribution in [0.5, 0.6) is 17.2 Å². The maximum absolute atomic E-state index is 9.43. The predicted molar refractivity (Wildman–Crippen MR) is 129 cm³/mol. The third-order valence-electron chi connectivity index (χ3n) is 6.78. The molecule has 2 aliphatic rings. The topological polar surface area (TPSA) is 63.8 Å². The van der Waals surface area contributed by atoms with E-state index in [-0.39, 0.29) is 6.61 Å². The third-order valence-corrected chi connectivity index (χ3v) is 6.78. The molecule has 3 aromatic rings. The molecular weight excluding hydrogens is 416 g/mol. The predicted octanol–water partition coefficient (Wildman–Crippen LogP) is 4.61. The number of rotatable bonds is 9. The minimum absolute atomic E-state index is 0.0715.